The van der Waals surface area contributed by atoms with E-state index in [0.29, 0.717) is 5.41 Å². The van der Waals surface area contributed by atoms with Gasteiger partial charge in [0, 0.05) is 24.9 Å². The van der Waals surface area contributed by atoms with Gasteiger partial charge in [0.25, 0.3) is 5.69 Å². The van der Waals surface area contributed by atoms with Crippen LogP contribution in [0.2, 0.25) is 0 Å². The first-order valence-corrected chi connectivity index (χ1v) is 8.36. The zero-order valence-electron chi connectivity index (χ0n) is 12.8. The number of nitro groups is 1. The summed E-state index contributed by atoms with van der Waals surface area (Å²) < 4.78 is 0. The second-order valence-corrected chi connectivity index (χ2v) is 7.74. The Hall–Kier alpha value is -1.71. The Labute approximate surface area is 130 Å². The van der Waals surface area contributed by atoms with Crippen LogP contribution in [-0.2, 0) is 0 Å². The van der Waals surface area contributed by atoms with Gasteiger partial charge in [-0.3, -0.25) is 15.1 Å². The summed E-state index contributed by atoms with van der Waals surface area (Å²) in [5.41, 5.74) is 1.56. The molecule has 0 spiro atoms. The highest BCUT2D eigenvalue weighted by molar-refractivity contribution is 5.79. The van der Waals surface area contributed by atoms with Crippen LogP contribution in [0.3, 0.4) is 0 Å². The Kier molecular flexibility index (Phi) is 3.28. The van der Waals surface area contributed by atoms with Crippen molar-refractivity contribution in [3.8, 4) is 0 Å². The molecule has 4 heteroatoms. The van der Waals surface area contributed by atoms with E-state index in [0.717, 1.165) is 29.9 Å². The van der Waals surface area contributed by atoms with Gasteiger partial charge in [0.15, 0.2) is 0 Å². The number of aliphatic imine (C=N–C) groups is 1. The molecule has 0 amide bonds. The van der Waals surface area contributed by atoms with Crippen molar-refractivity contribution in [3.63, 3.8) is 0 Å². The van der Waals surface area contributed by atoms with Crippen molar-refractivity contribution in [2.45, 2.75) is 38.5 Å². The first-order valence-electron chi connectivity index (χ1n) is 8.36. The molecule has 4 fully saturated rings. The fraction of sp³-hybridized carbons (Fsp3) is 0.611. The van der Waals surface area contributed by atoms with Crippen LogP contribution in [-0.4, -0.2) is 17.7 Å². The second-order valence-electron chi connectivity index (χ2n) is 7.74. The Morgan fingerprint density at radius 2 is 1.64 bits per heavy atom. The second kappa shape index (κ2) is 5.18. The SMILES string of the molecule is O=[N+]([O-])c1ccc(C=NCC23CC4CC(CC(C4)C2)C3)cc1. The molecule has 0 N–H and O–H groups in total. The third-order valence-electron chi connectivity index (χ3n) is 5.94. The van der Waals surface area contributed by atoms with Crippen molar-refractivity contribution in [2.24, 2.45) is 28.2 Å². The topological polar surface area (TPSA) is 55.5 Å². The molecule has 22 heavy (non-hydrogen) atoms. The van der Waals surface area contributed by atoms with Crippen molar-refractivity contribution in [1.29, 1.82) is 0 Å². The highest BCUT2D eigenvalue weighted by Gasteiger charge is 2.50. The van der Waals surface area contributed by atoms with Gasteiger partial charge in [0.05, 0.1) is 4.92 Å². The van der Waals surface area contributed by atoms with Gasteiger partial charge < -0.3 is 0 Å². The number of benzene rings is 1. The summed E-state index contributed by atoms with van der Waals surface area (Å²) in [6.07, 6.45) is 10.4. The number of nitro benzene ring substituents is 1. The van der Waals surface area contributed by atoms with Gasteiger partial charge in [-0.2, -0.15) is 0 Å². The standard InChI is InChI=1S/C18H22N2O2/c21-20(22)17-3-1-13(2-4-17)11-19-12-18-8-14-5-15(9-18)7-16(6-14)10-18/h1-4,11,14-16H,5-10,12H2. The lowest BCUT2D eigenvalue weighted by Crippen LogP contribution is -2.47. The van der Waals surface area contributed by atoms with E-state index in [9.17, 15) is 10.1 Å². The van der Waals surface area contributed by atoms with Gasteiger partial charge in [-0.15, -0.1) is 0 Å². The normalized spacial score (nSPS) is 36.1. The summed E-state index contributed by atoms with van der Waals surface area (Å²) in [6.45, 7) is 0.938. The predicted octanol–water partition coefficient (Wildman–Crippen LogP) is 4.23. The molecule has 5 rings (SSSR count). The minimum absolute atomic E-state index is 0.137. The minimum Gasteiger partial charge on any atom is -0.292 e. The Morgan fingerprint density at radius 1 is 1.09 bits per heavy atom. The average Bonchev–Trinajstić information content (AvgIpc) is 2.46. The van der Waals surface area contributed by atoms with Gasteiger partial charge in [0.1, 0.15) is 0 Å². The molecular formula is C18H22N2O2. The van der Waals surface area contributed by atoms with Crippen LogP contribution in [0.1, 0.15) is 44.1 Å². The summed E-state index contributed by atoms with van der Waals surface area (Å²) in [7, 11) is 0. The number of nitrogens with zero attached hydrogens (tertiary/aromatic N) is 2. The third kappa shape index (κ3) is 2.55. The van der Waals surface area contributed by atoms with Gasteiger partial charge in [-0.25, -0.2) is 0 Å². The van der Waals surface area contributed by atoms with Crippen LogP contribution in [0.4, 0.5) is 5.69 Å². The summed E-state index contributed by atoms with van der Waals surface area (Å²) >= 11 is 0. The Balaban J connectivity index is 1.43. The van der Waals surface area contributed by atoms with Crippen molar-refractivity contribution in [3.05, 3.63) is 39.9 Å². The largest absolute Gasteiger partial charge is 0.292 e. The molecule has 1 aromatic rings. The van der Waals surface area contributed by atoms with E-state index >= 15 is 0 Å². The van der Waals surface area contributed by atoms with Crippen LogP contribution < -0.4 is 0 Å². The highest BCUT2D eigenvalue weighted by atomic mass is 16.6. The molecular weight excluding hydrogens is 276 g/mol. The fourth-order valence-corrected chi connectivity index (χ4v) is 5.51. The maximum Gasteiger partial charge on any atom is 0.269 e. The molecule has 0 saturated heterocycles. The van der Waals surface area contributed by atoms with Crippen LogP contribution in [0.25, 0.3) is 0 Å². The van der Waals surface area contributed by atoms with Crippen LogP contribution in [0.15, 0.2) is 29.3 Å². The summed E-state index contributed by atoms with van der Waals surface area (Å²) in [5, 5.41) is 10.7. The van der Waals surface area contributed by atoms with Gasteiger partial charge >= 0.3 is 0 Å². The van der Waals surface area contributed by atoms with Crippen molar-refractivity contribution in [2.75, 3.05) is 6.54 Å². The lowest BCUT2D eigenvalue weighted by molar-refractivity contribution is -0.384. The monoisotopic (exact) mass is 298 g/mol. The Morgan fingerprint density at radius 3 is 2.14 bits per heavy atom. The quantitative estimate of drug-likeness (QED) is 0.474. The van der Waals surface area contributed by atoms with Crippen molar-refractivity contribution >= 4 is 11.9 Å². The smallest absolute Gasteiger partial charge is 0.269 e. The minimum atomic E-state index is -0.365. The molecule has 0 atom stereocenters. The van der Waals surface area contributed by atoms with E-state index in [1.54, 1.807) is 24.3 Å². The first-order chi connectivity index (χ1) is 10.6. The molecule has 0 aromatic heterocycles. The van der Waals surface area contributed by atoms with E-state index in [1.807, 2.05) is 6.21 Å². The maximum atomic E-state index is 10.7. The molecule has 4 aliphatic rings. The maximum absolute atomic E-state index is 10.7. The number of hydrogen-bond acceptors (Lipinski definition) is 3. The molecule has 4 nitrogen and oxygen atoms in total. The Bertz CT molecular complexity index is 571. The summed E-state index contributed by atoms with van der Waals surface area (Å²) in [6, 6.07) is 6.65. The van der Waals surface area contributed by atoms with E-state index in [1.165, 1.54) is 38.5 Å². The number of rotatable bonds is 4. The van der Waals surface area contributed by atoms with Gasteiger partial charge in [-0.05, 0) is 79.4 Å². The molecule has 1 aromatic carbocycles. The molecule has 0 radical (unpaired) electrons. The number of hydrogen-bond donors (Lipinski definition) is 0. The molecule has 116 valence electrons. The van der Waals surface area contributed by atoms with E-state index in [-0.39, 0.29) is 10.6 Å². The predicted molar refractivity (Wildman–Crippen MR) is 86.2 cm³/mol. The summed E-state index contributed by atoms with van der Waals surface area (Å²) in [4.78, 5) is 15.0. The fourth-order valence-electron chi connectivity index (χ4n) is 5.51. The lowest BCUT2D eigenvalue weighted by atomic mass is 9.49. The average molecular weight is 298 g/mol. The van der Waals surface area contributed by atoms with Crippen LogP contribution in [0, 0.1) is 33.3 Å². The first kappa shape index (κ1) is 13.9. The molecule has 4 saturated carbocycles. The molecule has 4 aliphatic carbocycles. The van der Waals surface area contributed by atoms with Crippen LogP contribution in [0.5, 0.6) is 0 Å². The van der Waals surface area contributed by atoms with E-state index in [2.05, 4.69) is 0 Å². The molecule has 0 heterocycles. The van der Waals surface area contributed by atoms with Gasteiger partial charge in [0.2, 0.25) is 0 Å². The highest BCUT2D eigenvalue weighted by Crippen LogP contribution is 2.60. The van der Waals surface area contributed by atoms with Crippen LogP contribution >= 0.6 is 0 Å². The zero-order valence-corrected chi connectivity index (χ0v) is 12.8. The third-order valence-corrected chi connectivity index (χ3v) is 5.94. The van der Waals surface area contributed by atoms with Crippen molar-refractivity contribution < 1.29 is 4.92 Å². The van der Waals surface area contributed by atoms with Gasteiger partial charge in [-0.1, -0.05) is 0 Å². The van der Waals surface area contributed by atoms with E-state index in [4.69, 9.17) is 4.99 Å². The van der Waals surface area contributed by atoms with Crippen molar-refractivity contribution in [1.82, 2.24) is 0 Å². The summed E-state index contributed by atoms with van der Waals surface area (Å²) in [5.74, 6) is 2.88. The molecule has 0 aliphatic heterocycles. The lowest BCUT2D eigenvalue weighted by Gasteiger charge is -2.56. The molecule has 4 bridgehead atoms. The van der Waals surface area contributed by atoms with E-state index < -0.39 is 0 Å². The molecule has 0 unspecified atom stereocenters. The number of non-ortho nitro benzene ring substituents is 1. The zero-order chi connectivity index (χ0) is 15.2.